The van der Waals surface area contributed by atoms with E-state index in [1.54, 1.807) is 18.3 Å². The summed E-state index contributed by atoms with van der Waals surface area (Å²) in [5.74, 6) is 2.37. The summed E-state index contributed by atoms with van der Waals surface area (Å²) in [5, 5.41) is 3.97. The molecular weight excluding hydrogens is 466 g/mol. The van der Waals surface area contributed by atoms with Crippen LogP contribution in [0.15, 0.2) is 41.7 Å². The number of nitrogens with zero attached hydrogens (tertiary/aromatic N) is 2. The van der Waals surface area contributed by atoms with Crippen molar-refractivity contribution < 1.29 is 23.7 Å². The number of aromatic nitrogens is 2. The van der Waals surface area contributed by atoms with Crippen molar-refractivity contribution in [2.45, 2.75) is 18.6 Å². The highest BCUT2D eigenvalue weighted by molar-refractivity contribution is 7.99. The standard InChI is InChI=1S/C23H24ClN3O5S/c1-4-27-17(14-5-6-18-21(9-14)32-8-7-31-18)12-25-23(27)33-13-22(28)26-16-10-15(24)19(29-2)11-20(16)30-3/h5-6,9-12H,4,7-8,13H2,1-3H3,(H,26,28). The van der Waals surface area contributed by atoms with E-state index in [9.17, 15) is 4.79 Å². The zero-order chi connectivity index (χ0) is 23.4. The number of nitrogens with one attached hydrogen (secondary N) is 1. The first kappa shape index (κ1) is 23.1. The molecule has 8 nitrogen and oxygen atoms in total. The number of carbonyl (C=O) groups is 1. The van der Waals surface area contributed by atoms with Crippen molar-refractivity contribution in [3.05, 3.63) is 41.6 Å². The third-order valence-corrected chi connectivity index (χ3v) is 6.34. The molecule has 33 heavy (non-hydrogen) atoms. The van der Waals surface area contributed by atoms with E-state index in [1.165, 1.54) is 26.0 Å². The Balaban J connectivity index is 1.47. The number of carbonyl (C=O) groups excluding carboxylic acids is 1. The summed E-state index contributed by atoms with van der Waals surface area (Å²) >= 11 is 7.55. The van der Waals surface area contributed by atoms with Gasteiger partial charge in [-0.25, -0.2) is 4.98 Å². The van der Waals surface area contributed by atoms with Gasteiger partial charge >= 0.3 is 0 Å². The molecule has 0 radical (unpaired) electrons. The molecule has 1 aromatic heterocycles. The largest absolute Gasteiger partial charge is 0.495 e. The van der Waals surface area contributed by atoms with Crippen LogP contribution in [0.25, 0.3) is 11.3 Å². The summed E-state index contributed by atoms with van der Waals surface area (Å²) in [7, 11) is 3.04. The molecule has 0 fully saturated rings. The Morgan fingerprint density at radius 1 is 1.15 bits per heavy atom. The fraction of sp³-hybridized carbons (Fsp3) is 0.304. The maximum atomic E-state index is 12.6. The van der Waals surface area contributed by atoms with Gasteiger partial charge in [0.25, 0.3) is 0 Å². The van der Waals surface area contributed by atoms with E-state index < -0.39 is 0 Å². The Bertz CT molecular complexity index is 1170. The molecule has 4 rings (SSSR count). The average molecular weight is 490 g/mol. The first-order valence-corrected chi connectivity index (χ1v) is 11.7. The third-order valence-electron chi connectivity index (χ3n) is 5.05. The van der Waals surface area contributed by atoms with E-state index in [0.717, 1.165) is 27.9 Å². The number of halogens is 1. The van der Waals surface area contributed by atoms with Gasteiger partial charge in [0.15, 0.2) is 16.7 Å². The predicted molar refractivity (Wildman–Crippen MR) is 128 cm³/mol. The van der Waals surface area contributed by atoms with Crippen LogP contribution >= 0.6 is 23.4 Å². The second-order valence-electron chi connectivity index (χ2n) is 7.05. The molecule has 1 aliphatic heterocycles. The SMILES string of the molecule is CCn1c(-c2ccc3c(c2)OCCO3)cnc1SCC(=O)Nc1cc(Cl)c(OC)cc1OC. The van der Waals surface area contributed by atoms with Crippen LogP contribution in [0.2, 0.25) is 5.02 Å². The highest BCUT2D eigenvalue weighted by Gasteiger charge is 2.18. The zero-order valence-corrected chi connectivity index (χ0v) is 20.1. The Hall–Kier alpha value is -3.04. The molecule has 2 heterocycles. The van der Waals surface area contributed by atoms with Crippen LogP contribution in [0.4, 0.5) is 5.69 Å². The molecule has 0 saturated heterocycles. The maximum absolute atomic E-state index is 12.6. The van der Waals surface area contributed by atoms with Crippen molar-refractivity contribution >= 4 is 35.0 Å². The fourth-order valence-corrected chi connectivity index (χ4v) is 4.57. The topological polar surface area (TPSA) is 83.8 Å². The number of benzene rings is 2. The minimum atomic E-state index is -0.203. The van der Waals surface area contributed by atoms with Crippen LogP contribution in [0.1, 0.15) is 6.92 Å². The lowest BCUT2D eigenvalue weighted by molar-refractivity contribution is -0.113. The van der Waals surface area contributed by atoms with Gasteiger partial charge < -0.3 is 28.8 Å². The lowest BCUT2D eigenvalue weighted by Gasteiger charge is -2.19. The maximum Gasteiger partial charge on any atom is 0.234 e. The molecule has 10 heteroatoms. The Morgan fingerprint density at radius 2 is 1.91 bits per heavy atom. The quantitative estimate of drug-likeness (QED) is 0.457. The average Bonchev–Trinajstić information content (AvgIpc) is 3.25. The normalized spacial score (nSPS) is 12.4. The van der Waals surface area contributed by atoms with Crippen molar-refractivity contribution in [1.82, 2.24) is 9.55 Å². The van der Waals surface area contributed by atoms with Gasteiger partial charge in [0.05, 0.1) is 42.6 Å². The van der Waals surface area contributed by atoms with Crippen molar-refractivity contribution in [3.8, 4) is 34.3 Å². The van der Waals surface area contributed by atoms with Gasteiger partial charge in [-0.3, -0.25) is 4.79 Å². The second-order valence-corrected chi connectivity index (χ2v) is 8.40. The molecular formula is C23H24ClN3O5S. The zero-order valence-electron chi connectivity index (χ0n) is 18.5. The second kappa shape index (κ2) is 10.3. The van der Waals surface area contributed by atoms with E-state index in [2.05, 4.69) is 14.9 Å². The number of anilines is 1. The van der Waals surface area contributed by atoms with Gasteiger partial charge in [-0.2, -0.15) is 0 Å². The van der Waals surface area contributed by atoms with E-state index in [-0.39, 0.29) is 11.7 Å². The van der Waals surface area contributed by atoms with Crippen LogP contribution < -0.4 is 24.3 Å². The molecule has 1 amide bonds. The van der Waals surface area contributed by atoms with Gasteiger partial charge in [0, 0.05) is 18.2 Å². The van der Waals surface area contributed by atoms with Crippen LogP contribution in [0.3, 0.4) is 0 Å². The van der Waals surface area contributed by atoms with Gasteiger partial charge in [0.2, 0.25) is 5.91 Å². The summed E-state index contributed by atoms with van der Waals surface area (Å²) in [6.45, 7) is 3.83. The molecule has 0 spiro atoms. The predicted octanol–water partition coefficient (Wildman–Crippen LogP) is 4.74. The summed E-state index contributed by atoms with van der Waals surface area (Å²) < 4.78 is 23.9. The summed E-state index contributed by atoms with van der Waals surface area (Å²) in [5.41, 5.74) is 2.40. The van der Waals surface area contributed by atoms with Crippen LogP contribution in [-0.2, 0) is 11.3 Å². The van der Waals surface area contributed by atoms with Crippen molar-refractivity contribution in [2.24, 2.45) is 0 Å². The molecule has 0 atom stereocenters. The number of fused-ring (bicyclic) bond motifs is 1. The summed E-state index contributed by atoms with van der Waals surface area (Å²) in [6.07, 6.45) is 1.81. The number of rotatable bonds is 8. The van der Waals surface area contributed by atoms with E-state index in [1.807, 2.05) is 25.1 Å². The van der Waals surface area contributed by atoms with Crippen LogP contribution in [0.5, 0.6) is 23.0 Å². The minimum absolute atomic E-state index is 0.171. The lowest BCUT2D eigenvalue weighted by Crippen LogP contribution is -2.15. The molecule has 0 saturated carbocycles. The van der Waals surface area contributed by atoms with Gasteiger partial charge in [-0.05, 0) is 31.2 Å². The van der Waals surface area contributed by atoms with Crippen LogP contribution in [0, 0.1) is 0 Å². The molecule has 1 aliphatic rings. The Kier molecular flexibility index (Phi) is 7.20. The molecule has 3 aromatic rings. The highest BCUT2D eigenvalue weighted by Crippen LogP contribution is 2.37. The number of hydrogen-bond acceptors (Lipinski definition) is 7. The molecule has 174 valence electrons. The molecule has 0 aliphatic carbocycles. The van der Waals surface area contributed by atoms with Gasteiger partial charge in [0.1, 0.15) is 24.7 Å². The van der Waals surface area contributed by atoms with Crippen molar-refractivity contribution in [3.63, 3.8) is 0 Å². The first-order chi connectivity index (χ1) is 16.0. The minimum Gasteiger partial charge on any atom is -0.495 e. The van der Waals surface area contributed by atoms with E-state index >= 15 is 0 Å². The molecule has 2 aromatic carbocycles. The fourth-order valence-electron chi connectivity index (χ4n) is 3.49. The number of hydrogen-bond donors (Lipinski definition) is 1. The van der Waals surface area contributed by atoms with E-state index in [0.29, 0.717) is 42.0 Å². The molecule has 0 bridgehead atoms. The van der Waals surface area contributed by atoms with Crippen LogP contribution in [-0.4, -0.2) is 48.6 Å². The highest BCUT2D eigenvalue weighted by atomic mass is 35.5. The smallest absolute Gasteiger partial charge is 0.234 e. The monoisotopic (exact) mass is 489 g/mol. The van der Waals surface area contributed by atoms with Gasteiger partial charge in [-0.1, -0.05) is 23.4 Å². The number of imidazole rings is 1. The molecule has 0 unspecified atom stereocenters. The summed E-state index contributed by atoms with van der Waals surface area (Å²) in [6, 6.07) is 9.09. The summed E-state index contributed by atoms with van der Waals surface area (Å²) in [4.78, 5) is 17.2. The van der Waals surface area contributed by atoms with Crippen molar-refractivity contribution in [2.75, 3.05) is 38.5 Å². The number of amides is 1. The van der Waals surface area contributed by atoms with Gasteiger partial charge in [-0.15, -0.1) is 0 Å². The lowest BCUT2D eigenvalue weighted by atomic mass is 10.1. The first-order valence-electron chi connectivity index (χ1n) is 10.3. The third kappa shape index (κ3) is 4.99. The Morgan fingerprint density at radius 3 is 2.64 bits per heavy atom. The van der Waals surface area contributed by atoms with Crippen molar-refractivity contribution in [1.29, 1.82) is 0 Å². The number of thioether (sulfide) groups is 1. The Labute approximate surface area is 201 Å². The van der Waals surface area contributed by atoms with E-state index in [4.69, 9.17) is 30.5 Å². The number of ether oxygens (including phenoxy) is 4. The molecule has 1 N–H and O–H groups in total. The number of methoxy groups -OCH3 is 2.